The molecule has 17 heavy (non-hydrogen) atoms. The van der Waals surface area contributed by atoms with Crippen LogP contribution in [0.5, 0.6) is 0 Å². The Bertz CT molecular complexity index is 385. The van der Waals surface area contributed by atoms with Crippen LogP contribution in [-0.4, -0.2) is 32.6 Å². The number of hydrogen-bond donors (Lipinski definition) is 1. The van der Waals surface area contributed by atoms with E-state index in [0.717, 1.165) is 0 Å². The third-order valence-electron chi connectivity index (χ3n) is 2.20. The van der Waals surface area contributed by atoms with Crippen molar-refractivity contribution in [2.24, 2.45) is 0 Å². The average molecular weight is 260 g/mol. The first-order chi connectivity index (χ1) is 8.13. The Morgan fingerprint density at radius 3 is 3.00 bits per heavy atom. The number of ether oxygens (including phenoxy) is 1. The van der Waals surface area contributed by atoms with Gasteiger partial charge in [0.1, 0.15) is 5.82 Å². The quantitative estimate of drug-likeness (QED) is 0.760. The van der Waals surface area contributed by atoms with Crippen molar-refractivity contribution < 1.29 is 13.9 Å². The molecule has 0 saturated carbocycles. The van der Waals surface area contributed by atoms with Crippen molar-refractivity contribution in [2.75, 3.05) is 26.8 Å². The second-order valence-corrected chi connectivity index (χ2v) is 4.06. The molecule has 0 aliphatic heterocycles. The van der Waals surface area contributed by atoms with Gasteiger partial charge in [0.25, 0.3) is 0 Å². The Morgan fingerprint density at radius 2 is 2.29 bits per heavy atom. The van der Waals surface area contributed by atoms with Crippen LogP contribution < -0.4 is 5.32 Å². The number of ketones is 1. The van der Waals surface area contributed by atoms with Crippen LogP contribution in [0, 0.1) is 5.82 Å². The molecule has 5 heteroatoms. The van der Waals surface area contributed by atoms with Gasteiger partial charge in [-0.3, -0.25) is 4.79 Å². The smallest absolute Gasteiger partial charge is 0.151 e. The second kappa shape index (κ2) is 7.37. The maximum Gasteiger partial charge on any atom is 0.151 e. The van der Waals surface area contributed by atoms with Crippen LogP contribution in [0.15, 0.2) is 18.2 Å². The summed E-state index contributed by atoms with van der Waals surface area (Å²) in [5.41, 5.74) is 0.330. The van der Waals surface area contributed by atoms with E-state index in [1.165, 1.54) is 18.2 Å². The van der Waals surface area contributed by atoms with Crippen LogP contribution in [-0.2, 0) is 16.0 Å². The van der Waals surface area contributed by atoms with Gasteiger partial charge in [0.05, 0.1) is 13.2 Å². The normalized spacial score (nSPS) is 10.5. The van der Waals surface area contributed by atoms with Gasteiger partial charge in [0.2, 0.25) is 0 Å². The Balaban J connectivity index is 2.42. The summed E-state index contributed by atoms with van der Waals surface area (Å²) in [5, 5.41) is 3.34. The topological polar surface area (TPSA) is 38.3 Å². The number of carbonyl (C=O) groups excluding carboxylic acids is 1. The molecule has 0 aliphatic carbocycles. The molecule has 0 atom stereocenters. The SMILES string of the molecule is COCCNCC(=O)Cc1cc(Cl)ccc1F. The molecule has 0 amide bonds. The van der Waals surface area contributed by atoms with E-state index >= 15 is 0 Å². The van der Waals surface area contributed by atoms with Crippen molar-refractivity contribution in [1.82, 2.24) is 5.32 Å². The minimum absolute atomic E-state index is 0.0480. The van der Waals surface area contributed by atoms with E-state index in [-0.39, 0.29) is 18.7 Å². The minimum Gasteiger partial charge on any atom is -0.383 e. The molecule has 94 valence electrons. The van der Waals surface area contributed by atoms with Gasteiger partial charge in [-0.1, -0.05) is 11.6 Å². The molecule has 1 aromatic rings. The Hall–Kier alpha value is -0.970. The molecule has 0 fully saturated rings. The average Bonchev–Trinajstić information content (AvgIpc) is 2.29. The fourth-order valence-corrected chi connectivity index (χ4v) is 1.55. The molecule has 0 aromatic heterocycles. The van der Waals surface area contributed by atoms with Crippen LogP contribution in [0.3, 0.4) is 0 Å². The van der Waals surface area contributed by atoms with Crippen molar-refractivity contribution in [2.45, 2.75) is 6.42 Å². The van der Waals surface area contributed by atoms with Gasteiger partial charge < -0.3 is 10.1 Å². The highest BCUT2D eigenvalue weighted by atomic mass is 35.5. The summed E-state index contributed by atoms with van der Waals surface area (Å²) < 4.78 is 18.1. The monoisotopic (exact) mass is 259 g/mol. The van der Waals surface area contributed by atoms with Gasteiger partial charge >= 0.3 is 0 Å². The van der Waals surface area contributed by atoms with Crippen molar-refractivity contribution in [3.05, 3.63) is 34.6 Å². The standard InChI is InChI=1S/C12H15ClFNO2/c1-17-5-4-15-8-11(16)7-9-6-10(13)2-3-12(9)14/h2-3,6,15H,4-5,7-8H2,1H3. The fraction of sp³-hybridized carbons (Fsp3) is 0.417. The van der Waals surface area contributed by atoms with Crippen LogP contribution >= 0.6 is 11.6 Å². The Labute approximate surface area is 105 Å². The molecular weight excluding hydrogens is 245 g/mol. The zero-order chi connectivity index (χ0) is 12.7. The number of benzene rings is 1. The third-order valence-corrected chi connectivity index (χ3v) is 2.44. The summed E-state index contributed by atoms with van der Waals surface area (Å²) in [5.74, 6) is -0.484. The number of hydrogen-bond acceptors (Lipinski definition) is 3. The van der Waals surface area contributed by atoms with Gasteiger partial charge in [-0.2, -0.15) is 0 Å². The number of carbonyl (C=O) groups is 1. The number of rotatable bonds is 7. The van der Waals surface area contributed by atoms with Crippen molar-refractivity contribution in [3.63, 3.8) is 0 Å². The van der Waals surface area contributed by atoms with Gasteiger partial charge in [-0.15, -0.1) is 0 Å². The van der Waals surface area contributed by atoms with Crippen LogP contribution in [0.25, 0.3) is 0 Å². The molecular formula is C12H15ClFNO2. The van der Waals surface area contributed by atoms with Crippen molar-refractivity contribution in [3.8, 4) is 0 Å². The van der Waals surface area contributed by atoms with E-state index in [9.17, 15) is 9.18 Å². The van der Waals surface area contributed by atoms with Gasteiger partial charge in [0, 0.05) is 25.1 Å². The summed E-state index contributed by atoms with van der Waals surface area (Å²) in [6.07, 6.45) is 0.0480. The zero-order valence-corrected chi connectivity index (χ0v) is 10.4. The molecule has 0 saturated heterocycles. The molecule has 3 nitrogen and oxygen atoms in total. The van der Waals surface area contributed by atoms with Crippen LogP contribution in [0.2, 0.25) is 5.02 Å². The first kappa shape index (κ1) is 14.1. The lowest BCUT2D eigenvalue weighted by molar-refractivity contribution is -0.117. The lowest BCUT2D eigenvalue weighted by Crippen LogP contribution is -2.27. The molecule has 1 rings (SSSR count). The van der Waals surface area contributed by atoms with Gasteiger partial charge in [-0.05, 0) is 23.8 Å². The first-order valence-corrected chi connectivity index (χ1v) is 5.66. The molecule has 0 unspecified atom stereocenters. The number of halogens is 2. The summed E-state index contributed by atoms with van der Waals surface area (Å²) in [4.78, 5) is 11.5. The highest BCUT2D eigenvalue weighted by molar-refractivity contribution is 6.30. The largest absolute Gasteiger partial charge is 0.383 e. The van der Waals surface area contributed by atoms with E-state index in [4.69, 9.17) is 16.3 Å². The molecule has 1 aromatic carbocycles. The van der Waals surface area contributed by atoms with Crippen LogP contribution in [0.1, 0.15) is 5.56 Å². The van der Waals surface area contributed by atoms with E-state index < -0.39 is 5.82 Å². The maximum atomic E-state index is 13.3. The lowest BCUT2D eigenvalue weighted by atomic mass is 10.1. The number of methoxy groups -OCH3 is 1. The zero-order valence-electron chi connectivity index (χ0n) is 9.63. The highest BCUT2D eigenvalue weighted by Crippen LogP contribution is 2.15. The Kier molecular flexibility index (Phi) is 6.11. The van der Waals surface area contributed by atoms with E-state index in [0.29, 0.717) is 23.7 Å². The van der Waals surface area contributed by atoms with Gasteiger partial charge in [0.15, 0.2) is 5.78 Å². The summed E-state index contributed by atoms with van der Waals surface area (Å²) in [6.45, 7) is 1.34. The van der Waals surface area contributed by atoms with Crippen molar-refractivity contribution in [1.29, 1.82) is 0 Å². The predicted molar refractivity (Wildman–Crippen MR) is 64.9 cm³/mol. The Morgan fingerprint density at radius 1 is 1.53 bits per heavy atom. The maximum absolute atomic E-state index is 13.3. The van der Waals surface area contributed by atoms with Crippen molar-refractivity contribution >= 4 is 17.4 Å². The molecule has 0 spiro atoms. The van der Waals surface area contributed by atoms with E-state index in [2.05, 4.69) is 5.32 Å². The summed E-state index contributed by atoms with van der Waals surface area (Å²) in [7, 11) is 1.59. The van der Waals surface area contributed by atoms with Crippen LogP contribution in [0.4, 0.5) is 4.39 Å². The third kappa shape index (κ3) is 5.26. The fourth-order valence-electron chi connectivity index (χ4n) is 1.36. The molecule has 0 heterocycles. The predicted octanol–water partition coefficient (Wildman–Crippen LogP) is 1.83. The molecule has 0 aliphatic rings. The van der Waals surface area contributed by atoms with E-state index in [1.54, 1.807) is 7.11 Å². The van der Waals surface area contributed by atoms with E-state index in [1.807, 2.05) is 0 Å². The highest BCUT2D eigenvalue weighted by Gasteiger charge is 2.08. The second-order valence-electron chi connectivity index (χ2n) is 3.62. The summed E-state index contributed by atoms with van der Waals surface area (Å²) >= 11 is 5.74. The number of Topliss-reactive ketones (excluding diaryl/α,β-unsaturated/α-hetero) is 1. The lowest BCUT2D eigenvalue weighted by Gasteiger charge is -2.05. The minimum atomic E-state index is -0.403. The number of nitrogens with one attached hydrogen (secondary N) is 1. The summed E-state index contributed by atoms with van der Waals surface area (Å²) in [6, 6.07) is 4.20. The molecule has 0 bridgehead atoms. The molecule has 0 radical (unpaired) electrons. The van der Waals surface area contributed by atoms with Gasteiger partial charge in [-0.25, -0.2) is 4.39 Å². The first-order valence-electron chi connectivity index (χ1n) is 5.28. The molecule has 1 N–H and O–H groups in total.